The highest BCUT2D eigenvalue weighted by Crippen LogP contribution is 2.25. The van der Waals surface area contributed by atoms with E-state index in [1.807, 2.05) is 0 Å². The molecule has 0 radical (unpaired) electrons. The maximum atomic E-state index is 12.4. The van der Waals surface area contributed by atoms with Crippen molar-refractivity contribution in [3.8, 4) is 5.75 Å². The first-order valence-corrected chi connectivity index (χ1v) is 4.99. The van der Waals surface area contributed by atoms with Crippen LogP contribution in [0.1, 0.15) is 16.3 Å². The number of aryl methyl sites for hydroxylation is 1. The Morgan fingerprint density at radius 2 is 2.06 bits per heavy atom. The molecule has 0 N–H and O–H groups in total. The Morgan fingerprint density at radius 1 is 1.39 bits per heavy atom. The van der Waals surface area contributed by atoms with Crippen molar-refractivity contribution in [3.05, 3.63) is 29.8 Å². The van der Waals surface area contributed by atoms with Gasteiger partial charge < -0.3 is 4.74 Å². The van der Waals surface area contributed by atoms with E-state index in [0.29, 0.717) is 5.75 Å². The summed E-state index contributed by atoms with van der Waals surface area (Å²) in [6, 6.07) is 2.85. The van der Waals surface area contributed by atoms with E-state index in [9.17, 15) is 18.0 Å². The van der Waals surface area contributed by atoms with Gasteiger partial charge in [0.05, 0.1) is 18.8 Å². The number of pyridine rings is 1. The molecule has 0 atom stereocenters. The van der Waals surface area contributed by atoms with Crippen molar-refractivity contribution in [1.29, 1.82) is 0 Å². The van der Waals surface area contributed by atoms with E-state index in [-0.39, 0.29) is 11.3 Å². The van der Waals surface area contributed by atoms with Gasteiger partial charge >= 0.3 is 6.18 Å². The van der Waals surface area contributed by atoms with Gasteiger partial charge in [0.1, 0.15) is 17.3 Å². The summed E-state index contributed by atoms with van der Waals surface area (Å²) in [5, 5.41) is 0. The molecule has 0 fully saturated rings. The largest absolute Gasteiger partial charge is 0.495 e. The molecule has 4 nitrogen and oxygen atoms in total. The summed E-state index contributed by atoms with van der Waals surface area (Å²) in [6.07, 6.45) is -3.45. The lowest BCUT2D eigenvalue weighted by Crippen LogP contribution is -2.23. The second-order valence-electron chi connectivity index (χ2n) is 3.66. The van der Waals surface area contributed by atoms with Crippen LogP contribution in [0, 0.1) is 6.92 Å². The average molecular weight is 258 g/mol. The van der Waals surface area contributed by atoms with Gasteiger partial charge in [-0.15, -0.1) is 0 Å². The summed E-state index contributed by atoms with van der Waals surface area (Å²) in [6.45, 7) is 1.51. The number of alkyl halides is 3. The smallest absolute Gasteiger partial charge is 0.456 e. The zero-order valence-electron chi connectivity index (χ0n) is 9.58. The fraction of sp³-hybridized carbons (Fsp3) is 0.273. The first-order valence-electron chi connectivity index (χ1n) is 4.99. The zero-order valence-corrected chi connectivity index (χ0v) is 9.58. The fourth-order valence-electron chi connectivity index (χ4n) is 1.64. The summed E-state index contributed by atoms with van der Waals surface area (Å²) >= 11 is 0. The number of Topliss-reactive ketones (excluding diaryl/α,β-unsaturated/α-hetero) is 1. The molecule has 0 amide bonds. The van der Waals surface area contributed by atoms with Gasteiger partial charge in [0.2, 0.25) is 0 Å². The number of methoxy groups -OCH3 is 1. The highest BCUT2D eigenvalue weighted by atomic mass is 19.4. The number of halogens is 3. The van der Waals surface area contributed by atoms with Gasteiger partial charge in [0.25, 0.3) is 5.78 Å². The summed E-state index contributed by atoms with van der Waals surface area (Å²) < 4.78 is 43.5. The molecule has 0 bridgehead atoms. The Labute approximate surface area is 100 Å². The van der Waals surface area contributed by atoms with E-state index < -0.39 is 17.7 Å². The van der Waals surface area contributed by atoms with Crippen LogP contribution in [0.25, 0.3) is 5.52 Å². The molecule has 0 spiro atoms. The highest BCUT2D eigenvalue weighted by molar-refractivity contribution is 6.04. The Balaban J connectivity index is 2.64. The molecule has 2 aromatic heterocycles. The quantitative estimate of drug-likeness (QED) is 0.777. The SMILES string of the molecule is COc1ccc2c(C(=O)C(F)(F)F)nc(C)n2c1. The zero-order chi connectivity index (χ0) is 13.5. The number of ketones is 1. The lowest BCUT2D eigenvalue weighted by atomic mass is 10.2. The molecule has 0 unspecified atom stereocenters. The molecule has 7 heteroatoms. The number of aromatic nitrogens is 2. The number of imidazole rings is 1. The van der Waals surface area contributed by atoms with Crippen molar-refractivity contribution in [3.63, 3.8) is 0 Å². The predicted molar refractivity (Wildman–Crippen MR) is 56.9 cm³/mol. The molecular formula is C11H9F3N2O2. The number of carbonyl (C=O) groups excluding carboxylic acids is 1. The second-order valence-corrected chi connectivity index (χ2v) is 3.66. The van der Waals surface area contributed by atoms with Gasteiger partial charge in [-0.05, 0) is 19.1 Å². The molecular weight excluding hydrogens is 249 g/mol. The third kappa shape index (κ3) is 1.92. The van der Waals surface area contributed by atoms with E-state index in [1.165, 1.54) is 36.8 Å². The maximum Gasteiger partial charge on any atom is 0.456 e. The molecule has 0 saturated carbocycles. The van der Waals surface area contributed by atoms with Gasteiger partial charge in [-0.25, -0.2) is 4.98 Å². The molecule has 2 heterocycles. The van der Waals surface area contributed by atoms with Gasteiger partial charge in [-0.3, -0.25) is 9.20 Å². The minimum atomic E-state index is -4.93. The van der Waals surface area contributed by atoms with Crippen molar-refractivity contribution in [2.24, 2.45) is 0 Å². The van der Waals surface area contributed by atoms with Crippen LogP contribution in [-0.2, 0) is 0 Å². The van der Waals surface area contributed by atoms with Crippen molar-refractivity contribution < 1.29 is 22.7 Å². The molecule has 2 aromatic rings. The molecule has 0 aromatic carbocycles. The minimum Gasteiger partial charge on any atom is -0.495 e. The number of hydrogen-bond donors (Lipinski definition) is 0. The lowest BCUT2D eigenvalue weighted by Gasteiger charge is -2.04. The van der Waals surface area contributed by atoms with Gasteiger partial charge in [0, 0.05) is 0 Å². The van der Waals surface area contributed by atoms with Crippen LogP contribution >= 0.6 is 0 Å². The molecule has 96 valence electrons. The van der Waals surface area contributed by atoms with Crippen LogP contribution in [0.2, 0.25) is 0 Å². The van der Waals surface area contributed by atoms with E-state index in [4.69, 9.17) is 4.74 Å². The monoisotopic (exact) mass is 258 g/mol. The van der Waals surface area contributed by atoms with Gasteiger partial charge in [-0.1, -0.05) is 0 Å². The molecule has 0 aliphatic heterocycles. The fourth-order valence-corrected chi connectivity index (χ4v) is 1.64. The molecule has 0 aliphatic rings. The first-order chi connectivity index (χ1) is 8.34. The van der Waals surface area contributed by atoms with Gasteiger partial charge in [-0.2, -0.15) is 13.2 Å². The van der Waals surface area contributed by atoms with E-state index in [1.54, 1.807) is 0 Å². The normalized spacial score (nSPS) is 11.8. The second kappa shape index (κ2) is 4.01. The standard InChI is InChI=1S/C11H9F3N2O2/c1-6-15-9(10(17)11(12,13)14)8-4-3-7(18-2)5-16(6)8/h3-5H,1-2H3. The Hall–Kier alpha value is -2.05. The molecule has 2 rings (SSSR count). The van der Waals surface area contributed by atoms with E-state index in [0.717, 1.165) is 0 Å². The van der Waals surface area contributed by atoms with Crippen LogP contribution in [0.3, 0.4) is 0 Å². The third-order valence-electron chi connectivity index (χ3n) is 2.49. The van der Waals surface area contributed by atoms with Crippen LogP contribution < -0.4 is 4.74 Å². The third-order valence-corrected chi connectivity index (χ3v) is 2.49. The van der Waals surface area contributed by atoms with Crippen LogP contribution in [0.15, 0.2) is 18.3 Å². The number of rotatable bonds is 2. The number of hydrogen-bond acceptors (Lipinski definition) is 3. The molecule has 0 saturated heterocycles. The Bertz CT molecular complexity index is 617. The average Bonchev–Trinajstić information content (AvgIpc) is 2.64. The van der Waals surface area contributed by atoms with Crippen molar-refractivity contribution in [2.45, 2.75) is 13.1 Å². The van der Waals surface area contributed by atoms with Crippen molar-refractivity contribution in [1.82, 2.24) is 9.38 Å². The summed E-state index contributed by atoms with van der Waals surface area (Å²) in [5.41, 5.74) is -0.488. The summed E-state index contributed by atoms with van der Waals surface area (Å²) in [4.78, 5) is 14.9. The topological polar surface area (TPSA) is 43.6 Å². The highest BCUT2D eigenvalue weighted by Gasteiger charge is 2.41. The lowest BCUT2D eigenvalue weighted by molar-refractivity contribution is -0.0887. The predicted octanol–water partition coefficient (Wildman–Crippen LogP) is 2.40. The number of carbonyl (C=O) groups is 1. The van der Waals surface area contributed by atoms with E-state index >= 15 is 0 Å². The van der Waals surface area contributed by atoms with Gasteiger partial charge in [0.15, 0.2) is 0 Å². The first kappa shape index (κ1) is 12.4. The number of nitrogens with zero attached hydrogens (tertiary/aromatic N) is 2. The molecule has 0 aliphatic carbocycles. The van der Waals surface area contributed by atoms with E-state index in [2.05, 4.69) is 4.98 Å². The van der Waals surface area contributed by atoms with Crippen LogP contribution in [0.4, 0.5) is 13.2 Å². The van der Waals surface area contributed by atoms with Crippen LogP contribution in [-0.4, -0.2) is 28.5 Å². The van der Waals surface area contributed by atoms with Crippen molar-refractivity contribution in [2.75, 3.05) is 7.11 Å². The maximum absolute atomic E-state index is 12.4. The van der Waals surface area contributed by atoms with Crippen molar-refractivity contribution >= 4 is 11.3 Å². The number of ether oxygens (including phenoxy) is 1. The number of fused-ring (bicyclic) bond motifs is 1. The minimum absolute atomic E-state index is 0.107. The Kier molecular flexibility index (Phi) is 2.76. The summed E-state index contributed by atoms with van der Waals surface area (Å²) in [5.74, 6) is -1.19. The summed E-state index contributed by atoms with van der Waals surface area (Å²) in [7, 11) is 1.44. The Morgan fingerprint density at radius 3 is 2.61 bits per heavy atom. The van der Waals surface area contributed by atoms with Crippen LogP contribution in [0.5, 0.6) is 5.75 Å². The molecule has 18 heavy (non-hydrogen) atoms.